The van der Waals surface area contributed by atoms with Gasteiger partial charge in [-0.1, -0.05) is 51.2 Å². The predicted octanol–water partition coefficient (Wildman–Crippen LogP) is 4.11. The van der Waals surface area contributed by atoms with Crippen molar-refractivity contribution in [1.29, 1.82) is 0 Å². The molecule has 0 bridgehead atoms. The van der Waals surface area contributed by atoms with Crippen molar-refractivity contribution in [2.75, 3.05) is 0 Å². The standard InChI is InChI=1S/C15H22O2/c1-2-3-4-5-6-7-9-13-10-8-11-14(12-16)15(13)17/h8,10-12,17H,2-7,9H2,1H3. The normalized spacial score (nSPS) is 10.4. The number of phenols is 1. The van der Waals surface area contributed by atoms with Crippen LogP contribution in [0.15, 0.2) is 18.2 Å². The van der Waals surface area contributed by atoms with Crippen LogP contribution in [0.25, 0.3) is 0 Å². The van der Waals surface area contributed by atoms with Gasteiger partial charge >= 0.3 is 0 Å². The molecule has 2 nitrogen and oxygen atoms in total. The molecular weight excluding hydrogens is 212 g/mol. The zero-order valence-electron chi connectivity index (χ0n) is 10.6. The molecule has 1 N–H and O–H groups in total. The van der Waals surface area contributed by atoms with Crippen LogP contribution in [-0.2, 0) is 6.42 Å². The Bertz CT molecular complexity index is 345. The van der Waals surface area contributed by atoms with Gasteiger partial charge in [0, 0.05) is 0 Å². The van der Waals surface area contributed by atoms with Crippen LogP contribution in [0.3, 0.4) is 0 Å². The summed E-state index contributed by atoms with van der Waals surface area (Å²) in [4.78, 5) is 10.7. The molecule has 0 amide bonds. The minimum absolute atomic E-state index is 0.163. The molecule has 2 heteroatoms. The zero-order chi connectivity index (χ0) is 12.5. The first kappa shape index (κ1) is 13.8. The smallest absolute Gasteiger partial charge is 0.153 e. The lowest BCUT2D eigenvalue weighted by Crippen LogP contribution is -1.90. The van der Waals surface area contributed by atoms with Crippen molar-refractivity contribution in [2.45, 2.75) is 51.9 Å². The van der Waals surface area contributed by atoms with Crippen molar-refractivity contribution in [1.82, 2.24) is 0 Å². The first-order chi connectivity index (χ1) is 8.29. The van der Waals surface area contributed by atoms with Gasteiger partial charge in [0.15, 0.2) is 6.29 Å². The van der Waals surface area contributed by atoms with Gasteiger partial charge in [-0.2, -0.15) is 0 Å². The Kier molecular flexibility index (Phi) is 6.38. The van der Waals surface area contributed by atoms with E-state index in [0.717, 1.165) is 18.4 Å². The molecule has 0 saturated carbocycles. The number of phenolic OH excluding ortho intramolecular Hbond substituents is 1. The number of rotatable bonds is 8. The third kappa shape index (κ3) is 4.59. The van der Waals surface area contributed by atoms with Gasteiger partial charge in [0.2, 0.25) is 0 Å². The molecular formula is C15H22O2. The molecule has 0 atom stereocenters. The topological polar surface area (TPSA) is 37.3 Å². The van der Waals surface area contributed by atoms with E-state index in [2.05, 4.69) is 6.92 Å². The van der Waals surface area contributed by atoms with Crippen LogP contribution in [0.5, 0.6) is 5.75 Å². The van der Waals surface area contributed by atoms with Crippen molar-refractivity contribution in [3.05, 3.63) is 29.3 Å². The number of aryl methyl sites for hydroxylation is 1. The molecule has 17 heavy (non-hydrogen) atoms. The molecule has 0 aliphatic rings. The van der Waals surface area contributed by atoms with Crippen molar-refractivity contribution >= 4 is 6.29 Å². The first-order valence-electron chi connectivity index (χ1n) is 6.55. The van der Waals surface area contributed by atoms with Crippen molar-refractivity contribution in [2.24, 2.45) is 0 Å². The third-order valence-corrected chi connectivity index (χ3v) is 3.08. The number of hydrogen-bond donors (Lipinski definition) is 1. The number of carbonyl (C=O) groups is 1. The van der Waals surface area contributed by atoms with E-state index in [1.807, 2.05) is 12.1 Å². The second-order valence-corrected chi connectivity index (χ2v) is 4.49. The average molecular weight is 234 g/mol. The highest BCUT2D eigenvalue weighted by atomic mass is 16.3. The van der Waals surface area contributed by atoms with Crippen LogP contribution in [-0.4, -0.2) is 11.4 Å². The van der Waals surface area contributed by atoms with Gasteiger partial charge in [-0.3, -0.25) is 4.79 Å². The molecule has 0 aliphatic heterocycles. The Hall–Kier alpha value is -1.31. The number of para-hydroxylation sites is 1. The minimum atomic E-state index is 0.163. The molecule has 0 radical (unpaired) electrons. The fraction of sp³-hybridized carbons (Fsp3) is 0.533. The summed E-state index contributed by atoms with van der Waals surface area (Å²) < 4.78 is 0. The SMILES string of the molecule is CCCCCCCCc1cccc(C=O)c1O. The molecule has 1 aromatic carbocycles. The summed E-state index contributed by atoms with van der Waals surface area (Å²) in [6.45, 7) is 2.21. The van der Waals surface area contributed by atoms with E-state index in [9.17, 15) is 9.90 Å². The van der Waals surface area contributed by atoms with Crippen LogP contribution < -0.4 is 0 Å². The summed E-state index contributed by atoms with van der Waals surface area (Å²) >= 11 is 0. The molecule has 1 rings (SSSR count). The number of aldehydes is 1. The van der Waals surface area contributed by atoms with Crippen LogP contribution in [0.2, 0.25) is 0 Å². The average Bonchev–Trinajstić information content (AvgIpc) is 2.35. The molecule has 94 valence electrons. The second kappa shape index (κ2) is 7.88. The van der Waals surface area contributed by atoms with E-state index < -0.39 is 0 Å². The Morgan fingerprint density at radius 2 is 1.82 bits per heavy atom. The third-order valence-electron chi connectivity index (χ3n) is 3.08. The van der Waals surface area contributed by atoms with Crippen molar-refractivity contribution < 1.29 is 9.90 Å². The summed E-state index contributed by atoms with van der Waals surface area (Å²) in [6, 6.07) is 5.37. The Morgan fingerprint density at radius 1 is 1.12 bits per heavy atom. The molecule has 0 aromatic heterocycles. The predicted molar refractivity (Wildman–Crippen MR) is 70.6 cm³/mol. The summed E-state index contributed by atoms with van der Waals surface area (Å²) in [7, 11) is 0. The summed E-state index contributed by atoms with van der Waals surface area (Å²) in [5.41, 5.74) is 1.29. The van der Waals surface area contributed by atoms with E-state index in [1.165, 1.54) is 32.1 Å². The van der Waals surface area contributed by atoms with Crippen LogP contribution in [0.4, 0.5) is 0 Å². The molecule has 0 spiro atoms. The maximum atomic E-state index is 10.7. The van der Waals surface area contributed by atoms with Gasteiger partial charge in [0.25, 0.3) is 0 Å². The molecule has 0 aliphatic carbocycles. The molecule has 0 fully saturated rings. The van der Waals surface area contributed by atoms with Crippen molar-refractivity contribution in [3.63, 3.8) is 0 Å². The van der Waals surface area contributed by atoms with Gasteiger partial charge < -0.3 is 5.11 Å². The molecule has 0 heterocycles. The summed E-state index contributed by atoms with van der Waals surface area (Å²) in [5, 5.41) is 9.80. The summed E-state index contributed by atoms with van der Waals surface area (Å²) in [5.74, 6) is 0.163. The number of benzene rings is 1. The first-order valence-corrected chi connectivity index (χ1v) is 6.55. The van der Waals surface area contributed by atoms with Crippen LogP contribution in [0, 0.1) is 0 Å². The maximum absolute atomic E-state index is 10.7. The monoisotopic (exact) mass is 234 g/mol. The lowest BCUT2D eigenvalue weighted by Gasteiger charge is -2.06. The number of aromatic hydroxyl groups is 1. The van der Waals surface area contributed by atoms with Gasteiger partial charge in [-0.15, -0.1) is 0 Å². The molecule has 0 unspecified atom stereocenters. The van der Waals surface area contributed by atoms with E-state index in [1.54, 1.807) is 6.07 Å². The van der Waals surface area contributed by atoms with Crippen molar-refractivity contribution in [3.8, 4) is 5.75 Å². The van der Waals surface area contributed by atoms with Gasteiger partial charge in [-0.05, 0) is 24.5 Å². The van der Waals surface area contributed by atoms with Crippen LogP contribution >= 0.6 is 0 Å². The highest BCUT2D eigenvalue weighted by Crippen LogP contribution is 2.23. The second-order valence-electron chi connectivity index (χ2n) is 4.49. The summed E-state index contributed by atoms with van der Waals surface area (Å²) in [6.07, 6.45) is 9.00. The lowest BCUT2D eigenvalue weighted by molar-refractivity contribution is 0.112. The van der Waals surface area contributed by atoms with Gasteiger partial charge in [-0.25, -0.2) is 0 Å². The van der Waals surface area contributed by atoms with Gasteiger partial charge in [0.1, 0.15) is 5.75 Å². The Morgan fingerprint density at radius 3 is 2.53 bits per heavy atom. The number of hydrogen-bond acceptors (Lipinski definition) is 2. The maximum Gasteiger partial charge on any atom is 0.153 e. The van der Waals surface area contributed by atoms with E-state index in [0.29, 0.717) is 11.8 Å². The highest BCUT2D eigenvalue weighted by Gasteiger charge is 2.05. The van der Waals surface area contributed by atoms with E-state index >= 15 is 0 Å². The quantitative estimate of drug-likeness (QED) is 0.543. The fourth-order valence-electron chi connectivity index (χ4n) is 2.00. The zero-order valence-corrected chi connectivity index (χ0v) is 10.6. The van der Waals surface area contributed by atoms with Gasteiger partial charge in [0.05, 0.1) is 5.56 Å². The Balaban J connectivity index is 2.34. The fourth-order valence-corrected chi connectivity index (χ4v) is 2.00. The van der Waals surface area contributed by atoms with E-state index in [4.69, 9.17) is 0 Å². The van der Waals surface area contributed by atoms with Crippen LogP contribution in [0.1, 0.15) is 61.4 Å². The number of carbonyl (C=O) groups excluding carboxylic acids is 1. The highest BCUT2D eigenvalue weighted by molar-refractivity contribution is 5.79. The number of unbranched alkanes of at least 4 members (excludes halogenated alkanes) is 5. The van der Waals surface area contributed by atoms with E-state index in [-0.39, 0.29) is 5.75 Å². The lowest BCUT2D eigenvalue weighted by atomic mass is 10.0. The molecule has 0 saturated heterocycles. The minimum Gasteiger partial charge on any atom is -0.507 e. The largest absolute Gasteiger partial charge is 0.507 e. The Labute approximate surface area is 104 Å². The molecule has 1 aromatic rings.